The zero-order valence-electron chi connectivity index (χ0n) is 18.4. The third kappa shape index (κ3) is 5.84. The first-order valence-electron chi connectivity index (χ1n) is 9.99. The summed E-state index contributed by atoms with van der Waals surface area (Å²) in [5, 5.41) is 16.8. The molecule has 0 saturated carbocycles. The molecule has 1 N–H and O–H groups in total. The topological polar surface area (TPSA) is 99.3 Å². The van der Waals surface area contributed by atoms with E-state index < -0.39 is 27.7 Å². The van der Waals surface area contributed by atoms with Gasteiger partial charge in [-0.15, -0.1) is 0 Å². The van der Waals surface area contributed by atoms with Gasteiger partial charge in [0.15, 0.2) is 5.69 Å². The van der Waals surface area contributed by atoms with Crippen molar-refractivity contribution in [2.45, 2.75) is 39.9 Å². The quantitative estimate of drug-likeness (QED) is 0.309. The summed E-state index contributed by atoms with van der Waals surface area (Å²) < 4.78 is 45.7. The van der Waals surface area contributed by atoms with Gasteiger partial charge in [0.1, 0.15) is 11.5 Å². The Kier molecular flexibility index (Phi) is 7.15. The number of hydrogen-bond acceptors (Lipinski definition) is 5. The van der Waals surface area contributed by atoms with E-state index in [4.69, 9.17) is 16.3 Å². The van der Waals surface area contributed by atoms with Crippen molar-refractivity contribution in [2.75, 3.05) is 5.32 Å². The number of benzene rings is 2. The number of aromatic nitrogens is 2. The summed E-state index contributed by atoms with van der Waals surface area (Å²) in [6.07, 6.45) is -4.96. The Labute approximate surface area is 197 Å². The summed E-state index contributed by atoms with van der Waals surface area (Å²) in [7, 11) is 0. The Hall–Kier alpha value is -3.60. The van der Waals surface area contributed by atoms with Crippen molar-refractivity contribution in [3.8, 4) is 11.5 Å². The molecule has 0 saturated heterocycles. The lowest BCUT2D eigenvalue weighted by molar-refractivity contribution is -0.384. The maximum atomic E-state index is 13.0. The molecule has 1 aromatic heterocycles. The number of nitrogens with one attached hydrogen (secondary N) is 1. The molecule has 0 radical (unpaired) electrons. The molecule has 0 bridgehead atoms. The van der Waals surface area contributed by atoms with Crippen molar-refractivity contribution in [3.05, 3.63) is 74.0 Å². The lowest BCUT2D eigenvalue weighted by atomic mass is 10.1. The Morgan fingerprint density at radius 2 is 1.91 bits per heavy atom. The molecule has 12 heteroatoms. The van der Waals surface area contributed by atoms with Gasteiger partial charge in [-0.2, -0.15) is 18.3 Å². The molecule has 0 spiro atoms. The summed E-state index contributed by atoms with van der Waals surface area (Å²) in [5.41, 5.74) is 0.394. The van der Waals surface area contributed by atoms with E-state index in [0.717, 1.165) is 21.9 Å². The van der Waals surface area contributed by atoms with Crippen molar-refractivity contribution >= 4 is 28.9 Å². The van der Waals surface area contributed by atoms with E-state index in [-0.39, 0.29) is 35.8 Å². The van der Waals surface area contributed by atoms with Crippen LogP contribution < -0.4 is 10.1 Å². The number of alkyl halides is 3. The van der Waals surface area contributed by atoms with Crippen LogP contribution in [0.1, 0.15) is 28.9 Å². The number of aryl methyl sites for hydroxylation is 3. The number of hydrogen-bond donors (Lipinski definition) is 1. The van der Waals surface area contributed by atoms with Crippen LogP contribution in [0.4, 0.5) is 24.5 Å². The first-order chi connectivity index (χ1) is 15.8. The summed E-state index contributed by atoms with van der Waals surface area (Å²) in [6.45, 7) is 4.88. The summed E-state index contributed by atoms with van der Waals surface area (Å²) >= 11 is 5.71. The molecular weight excluding hydrogens is 477 g/mol. The van der Waals surface area contributed by atoms with Crippen LogP contribution in [-0.2, 0) is 17.5 Å². The number of rotatable bonds is 7. The largest absolute Gasteiger partial charge is 0.457 e. The van der Waals surface area contributed by atoms with Crippen LogP contribution >= 0.6 is 11.6 Å². The minimum absolute atomic E-state index is 0.0707. The van der Waals surface area contributed by atoms with E-state index in [9.17, 15) is 28.1 Å². The van der Waals surface area contributed by atoms with Gasteiger partial charge in [-0.3, -0.25) is 19.6 Å². The smallest absolute Gasteiger partial charge is 0.436 e. The number of nitro benzene ring substituents is 1. The third-order valence-corrected chi connectivity index (χ3v) is 5.36. The number of halogens is 4. The summed E-state index contributed by atoms with van der Waals surface area (Å²) in [5.74, 6) is 0.0600. The zero-order valence-corrected chi connectivity index (χ0v) is 19.1. The fraction of sp³-hybridized carbons (Fsp3) is 0.273. The standard InChI is InChI=1S/C22H20ClF3N4O4/c1-12-4-5-13(2)18(8-12)34-17-10-15(9-16(11-17)30(32)33)27-19(31)6-7-29-14(3)20(23)21(28-29)22(24,25)26/h4-5,8-11H,6-7H2,1-3H3,(H,27,31). The number of nitrogens with zero attached hydrogens (tertiary/aromatic N) is 3. The number of amides is 1. The van der Waals surface area contributed by atoms with Crippen molar-refractivity contribution in [2.24, 2.45) is 0 Å². The Morgan fingerprint density at radius 1 is 1.21 bits per heavy atom. The zero-order chi connectivity index (χ0) is 25.2. The second-order valence-electron chi connectivity index (χ2n) is 7.61. The average molecular weight is 497 g/mol. The maximum absolute atomic E-state index is 13.0. The van der Waals surface area contributed by atoms with Gasteiger partial charge in [0.05, 0.1) is 33.9 Å². The van der Waals surface area contributed by atoms with Gasteiger partial charge in [0.25, 0.3) is 5.69 Å². The fourth-order valence-corrected chi connectivity index (χ4v) is 3.36. The number of carbonyl (C=O) groups excluding carboxylic acids is 1. The Bertz CT molecular complexity index is 1260. The molecule has 2 aromatic carbocycles. The van der Waals surface area contributed by atoms with E-state index >= 15 is 0 Å². The van der Waals surface area contributed by atoms with Crippen LogP contribution in [0.5, 0.6) is 11.5 Å². The molecule has 0 aliphatic rings. The van der Waals surface area contributed by atoms with Gasteiger partial charge in [-0.1, -0.05) is 23.7 Å². The predicted octanol–water partition coefficient (Wildman–Crippen LogP) is 6.21. The number of non-ortho nitro benzene ring substituents is 1. The molecule has 3 aromatic rings. The molecule has 1 heterocycles. The molecule has 0 aliphatic heterocycles. The van der Waals surface area contributed by atoms with Crippen LogP contribution in [0.2, 0.25) is 5.02 Å². The van der Waals surface area contributed by atoms with E-state index in [1.54, 1.807) is 6.07 Å². The van der Waals surface area contributed by atoms with Gasteiger partial charge < -0.3 is 10.1 Å². The highest BCUT2D eigenvalue weighted by atomic mass is 35.5. The molecule has 8 nitrogen and oxygen atoms in total. The molecule has 34 heavy (non-hydrogen) atoms. The molecule has 180 valence electrons. The Morgan fingerprint density at radius 3 is 2.53 bits per heavy atom. The van der Waals surface area contributed by atoms with Crippen LogP contribution in [-0.4, -0.2) is 20.6 Å². The van der Waals surface area contributed by atoms with Gasteiger partial charge in [0, 0.05) is 18.6 Å². The molecule has 0 aliphatic carbocycles. The lowest BCUT2D eigenvalue weighted by Gasteiger charge is -2.12. The monoisotopic (exact) mass is 496 g/mol. The number of nitro groups is 1. The van der Waals surface area contributed by atoms with Gasteiger partial charge in [-0.05, 0) is 38.0 Å². The van der Waals surface area contributed by atoms with Crippen LogP contribution in [0.25, 0.3) is 0 Å². The maximum Gasteiger partial charge on any atom is 0.436 e. The predicted molar refractivity (Wildman–Crippen MR) is 119 cm³/mol. The normalized spacial score (nSPS) is 11.4. The highest BCUT2D eigenvalue weighted by Crippen LogP contribution is 2.35. The van der Waals surface area contributed by atoms with Crippen LogP contribution in [0.15, 0.2) is 36.4 Å². The van der Waals surface area contributed by atoms with Crippen molar-refractivity contribution < 1.29 is 27.6 Å². The van der Waals surface area contributed by atoms with Crippen LogP contribution in [0, 0.1) is 30.9 Å². The van der Waals surface area contributed by atoms with E-state index in [2.05, 4.69) is 10.4 Å². The van der Waals surface area contributed by atoms with E-state index in [1.807, 2.05) is 26.0 Å². The van der Waals surface area contributed by atoms with Gasteiger partial charge in [-0.25, -0.2) is 0 Å². The summed E-state index contributed by atoms with van der Waals surface area (Å²) in [4.78, 5) is 23.1. The molecule has 3 rings (SSSR count). The molecule has 0 fully saturated rings. The van der Waals surface area contributed by atoms with Gasteiger partial charge >= 0.3 is 6.18 Å². The van der Waals surface area contributed by atoms with Crippen LogP contribution in [0.3, 0.4) is 0 Å². The molecular formula is C22H20ClF3N4O4. The second kappa shape index (κ2) is 9.72. The summed E-state index contributed by atoms with van der Waals surface area (Å²) in [6, 6.07) is 9.33. The third-order valence-electron chi connectivity index (χ3n) is 4.91. The fourth-order valence-electron chi connectivity index (χ4n) is 3.12. The number of anilines is 1. The first-order valence-corrected chi connectivity index (χ1v) is 10.4. The van der Waals surface area contributed by atoms with Crippen molar-refractivity contribution in [3.63, 3.8) is 0 Å². The van der Waals surface area contributed by atoms with Gasteiger partial charge in [0.2, 0.25) is 5.91 Å². The number of carbonyl (C=O) groups is 1. The lowest BCUT2D eigenvalue weighted by Crippen LogP contribution is -2.16. The number of ether oxygens (including phenoxy) is 1. The second-order valence-corrected chi connectivity index (χ2v) is 7.99. The van der Waals surface area contributed by atoms with E-state index in [0.29, 0.717) is 5.75 Å². The minimum Gasteiger partial charge on any atom is -0.457 e. The average Bonchev–Trinajstić information content (AvgIpc) is 3.03. The SMILES string of the molecule is Cc1ccc(C)c(Oc2cc(NC(=O)CCn3nc(C(F)(F)F)c(Cl)c3C)cc([N+](=O)[O-])c2)c1. The molecule has 1 amide bonds. The van der Waals surface area contributed by atoms with Crippen molar-refractivity contribution in [1.29, 1.82) is 0 Å². The highest BCUT2D eigenvalue weighted by molar-refractivity contribution is 6.31. The first kappa shape index (κ1) is 25.0. The van der Waals surface area contributed by atoms with Crippen molar-refractivity contribution in [1.82, 2.24) is 9.78 Å². The molecule has 0 unspecified atom stereocenters. The van der Waals surface area contributed by atoms with E-state index in [1.165, 1.54) is 19.1 Å². The highest BCUT2D eigenvalue weighted by Gasteiger charge is 2.38. The Balaban J connectivity index is 1.76. The minimum atomic E-state index is -4.72. The molecule has 0 atom stereocenters.